The van der Waals surface area contributed by atoms with Gasteiger partial charge in [0.05, 0.1) is 16.7 Å². The molecule has 0 heterocycles. The minimum Gasteiger partial charge on any atom is -0.491 e. The molecule has 16 heavy (non-hydrogen) atoms. The summed E-state index contributed by atoms with van der Waals surface area (Å²) in [6.45, 7) is 4.60. The fourth-order valence-electron chi connectivity index (χ4n) is 1.33. The van der Waals surface area contributed by atoms with Crippen molar-refractivity contribution in [2.75, 3.05) is 6.61 Å². The number of hydrogen-bond acceptors (Lipinski definition) is 1. The van der Waals surface area contributed by atoms with E-state index in [1.54, 1.807) is 0 Å². The normalized spacial score (nSPS) is 11.0. The average molecular weight is 259 g/mol. The lowest BCUT2D eigenvalue weighted by molar-refractivity contribution is 0.340. The van der Waals surface area contributed by atoms with Gasteiger partial charge in [-0.15, -0.1) is 0 Å². The summed E-state index contributed by atoms with van der Waals surface area (Å²) in [5.41, 5.74) is 0.947. The van der Waals surface area contributed by atoms with Crippen LogP contribution >= 0.6 is 23.2 Å². The Hall–Kier alpha value is -0.660. The molecule has 0 N–H and O–H groups in total. The fraction of sp³-hybridized carbons (Fsp3) is 0.385. The molecule has 0 saturated carbocycles. The SMILES string of the molecule is CCC/C=C/c1ccc(Cl)c(OCC)c1Cl. The van der Waals surface area contributed by atoms with Crippen molar-refractivity contribution in [3.05, 3.63) is 33.8 Å². The van der Waals surface area contributed by atoms with E-state index in [1.807, 2.05) is 25.1 Å². The van der Waals surface area contributed by atoms with Crippen molar-refractivity contribution >= 4 is 29.3 Å². The summed E-state index contributed by atoms with van der Waals surface area (Å²) in [4.78, 5) is 0. The molecule has 1 aromatic rings. The number of unbranched alkanes of at least 4 members (excludes halogenated alkanes) is 1. The summed E-state index contributed by atoms with van der Waals surface area (Å²) in [7, 11) is 0. The molecule has 0 bridgehead atoms. The number of allylic oxidation sites excluding steroid dienone is 1. The molecule has 0 saturated heterocycles. The Labute approximate surface area is 107 Å². The number of benzene rings is 1. The molecule has 0 fully saturated rings. The molecule has 0 amide bonds. The van der Waals surface area contributed by atoms with Gasteiger partial charge in [-0.2, -0.15) is 0 Å². The molecular weight excluding hydrogens is 243 g/mol. The van der Waals surface area contributed by atoms with E-state index in [0.29, 0.717) is 22.4 Å². The average Bonchev–Trinajstić information content (AvgIpc) is 2.28. The molecule has 0 spiro atoms. The van der Waals surface area contributed by atoms with Gasteiger partial charge in [0.25, 0.3) is 0 Å². The van der Waals surface area contributed by atoms with E-state index in [4.69, 9.17) is 27.9 Å². The van der Waals surface area contributed by atoms with E-state index < -0.39 is 0 Å². The third kappa shape index (κ3) is 3.43. The highest BCUT2D eigenvalue weighted by Crippen LogP contribution is 2.36. The first-order valence-electron chi connectivity index (χ1n) is 5.48. The van der Waals surface area contributed by atoms with E-state index in [2.05, 4.69) is 13.0 Å². The number of rotatable bonds is 5. The van der Waals surface area contributed by atoms with E-state index in [9.17, 15) is 0 Å². The van der Waals surface area contributed by atoms with Crippen LogP contribution in [0.4, 0.5) is 0 Å². The van der Waals surface area contributed by atoms with Gasteiger partial charge in [0.1, 0.15) is 0 Å². The van der Waals surface area contributed by atoms with Crippen LogP contribution in [0.3, 0.4) is 0 Å². The lowest BCUT2D eigenvalue weighted by Crippen LogP contribution is -1.94. The molecule has 88 valence electrons. The number of halogens is 2. The maximum Gasteiger partial charge on any atom is 0.157 e. The van der Waals surface area contributed by atoms with Gasteiger partial charge >= 0.3 is 0 Å². The third-order valence-corrected chi connectivity index (χ3v) is 2.81. The van der Waals surface area contributed by atoms with Crippen molar-refractivity contribution in [1.82, 2.24) is 0 Å². The second-order valence-electron chi connectivity index (χ2n) is 3.40. The van der Waals surface area contributed by atoms with Crippen LogP contribution in [0.25, 0.3) is 6.08 Å². The van der Waals surface area contributed by atoms with Crippen molar-refractivity contribution in [3.8, 4) is 5.75 Å². The van der Waals surface area contributed by atoms with Gasteiger partial charge in [-0.3, -0.25) is 0 Å². The Bertz CT molecular complexity index is 372. The van der Waals surface area contributed by atoms with Crippen molar-refractivity contribution in [1.29, 1.82) is 0 Å². The van der Waals surface area contributed by atoms with Crippen LogP contribution in [0.15, 0.2) is 18.2 Å². The van der Waals surface area contributed by atoms with Gasteiger partial charge in [0, 0.05) is 0 Å². The highest BCUT2D eigenvalue weighted by Gasteiger charge is 2.09. The van der Waals surface area contributed by atoms with Gasteiger partial charge < -0.3 is 4.74 Å². The Kier molecular flexibility index (Phi) is 5.72. The maximum absolute atomic E-state index is 6.21. The molecule has 0 unspecified atom stereocenters. The maximum atomic E-state index is 6.21. The molecule has 0 aliphatic carbocycles. The lowest BCUT2D eigenvalue weighted by Gasteiger charge is -2.09. The van der Waals surface area contributed by atoms with Crippen molar-refractivity contribution in [3.63, 3.8) is 0 Å². The molecule has 1 rings (SSSR count). The molecule has 3 heteroatoms. The molecular formula is C13H16Cl2O. The fourth-order valence-corrected chi connectivity index (χ4v) is 1.87. The monoisotopic (exact) mass is 258 g/mol. The summed E-state index contributed by atoms with van der Waals surface area (Å²) in [6, 6.07) is 3.71. The highest BCUT2D eigenvalue weighted by atomic mass is 35.5. The van der Waals surface area contributed by atoms with E-state index in [1.165, 1.54) is 0 Å². The standard InChI is InChI=1S/C13H16Cl2O/c1-3-5-6-7-10-8-9-11(14)13(12(10)15)16-4-2/h6-9H,3-5H2,1-2H3/b7-6+. The smallest absolute Gasteiger partial charge is 0.157 e. The van der Waals surface area contributed by atoms with Crippen molar-refractivity contribution in [2.24, 2.45) is 0 Å². The van der Waals surface area contributed by atoms with Crippen LogP contribution in [0, 0.1) is 0 Å². The molecule has 0 atom stereocenters. The summed E-state index contributed by atoms with van der Waals surface area (Å²) in [6.07, 6.45) is 6.28. The largest absolute Gasteiger partial charge is 0.491 e. The van der Waals surface area contributed by atoms with Gasteiger partial charge in [0.2, 0.25) is 0 Å². The zero-order valence-electron chi connectivity index (χ0n) is 9.59. The molecule has 1 nitrogen and oxygen atoms in total. The Morgan fingerprint density at radius 3 is 2.62 bits per heavy atom. The van der Waals surface area contributed by atoms with Crippen molar-refractivity contribution < 1.29 is 4.74 Å². The van der Waals surface area contributed by atoms with Gasteiger partial charge in [-0.1, -0.05) is 54.8 Å². The summed E-state index contributed by atoms with van der Waals surface area (Å²) in [5.74, 6) is 0.574. The zero-order chi connectivity index (χ0) is 12.0. The molecule has 0 aliphatic rings. The van der Waals surface area contributed by atoms with Crippen LogP contribution in [0.5, 0.6) is 5.75 Å². The first-order valence-corrected chi connectivity index (χ1v) is 6.23. The van der Waals surface area contributed by atoms with Crippen LogP contribution < -0.4 is 4.74 Å². The minimum atomic E-state index is 0.555. The molecule has 0 aromatic heterocycles. The van der Waals surface area contributed by atoms with E-state index >= 15 is 0 Å². The first kappa shape index (κ1) is 13.4. The highest BCUT2D eigenvalue weighted by molar-refractivity contribution is 6.38. The number of ether oxygens (including phenoxy) is 1. The summed E-state index contributed by atoms with van der Waals surface area (Å²) >= 11 is 12.2. The van der Waals surface area contributed by atoms with E-state index in [-0.39, 0.29) is 0 Å². The first-order chi connectivity index (χ1) is 7.70. The predicted octanol–water partition coefficient (Wildman–Crippen LogP) is 5.21. The minimum absolute atomic E-state index is 0.555. The summed E-state index contributed by atoms with van der Waals surface area (Å²) < 4.78 is 5.42. The zero-order valence-corrected chi connectivity index (χ0v) is 11.1. The quantitative estimate of drug-likeness (QED) is 0.705. The van der Waals surface area contributed by atoms with Gasteiger partial charge in [-0.05, 0) is 25.0 Å². The van der Waals surface area contributed by atoms with E-state index in [0.717, 1.165) is 18.4 Å². The second kappa shape index (κ2) is 6.82. The molecule has 0 radical (unpaired) electrons. The predicted molar refractivity (Wildman–Crippen MR) is 71.6 cm³/mol. The molecule has 1 aromatic carbocycles. The summed E-state index contributed by atoms with van der Waals surface area (Å²) in [5, 5.41) is 1.14. The topological polar surface area (TPSA) is 9.23 Å². The Balaban J connectivity index is 2.98. The molecule has 0 aliphatic heterocycles. The van der Waals surface area contributed by atoms with Crippen LogP contribution in [0.1, 0.15) is 32.3 Å². The second-order valence-corrected chi connectivity index (χ2v) is 4.19. The van der Waals surface area contributed by atoms with Gasteiger partial charge in [0.15, 0.2) is 5.75 Å². The van der Waals surface area contributed by atoms with Crippen LogP contribution in [-0.4, -0.2) is 6.61 Å². The lowest BCUT2D eigenvalue weighted by atomic mass is 10.1. The Morgan fingerprint density at radius 2 is 2.00 bits per heavy atom. The third-order valence-electron chi connectivity index (χ3n) is 2.12. The van der Waals surface area contributed by atoms with Crippen LogP contribution in [-0.2, 0) is 0 Å². The van der Waals surface area contributed by atoms with Gasteiger partial charge in [-0.25, -0.2) is 0 Å². The Morgan fingerprint density at radius 1 is 1.25 bits per heavy atom. The number of hydrogen-bond donors (Lipinski definition) is 0. The van der Waals surface area contributed by atoms with Crippen molar-refractivity contribution in [2.45, 2.75) is 26.7 Å². The van der Waals surface area contributed by atoms with Crippen LogP contribution in [0.2, 0.25) is 10.0 Å².